The normalized spacial score (nSPS) is 12.2. The summed E-state index contributed by atoms with van der Waals surface area (Å²) < 4.78 is 0.915. The van der Waals surface area contributed by atoms with Gasteiger partial charge in [-0.3, -0.25) is 5.10 Å². The van der Waals surface area contributed by atoms with Crippen LogP contribution in [-0.4, -0.2) is 21.2 Å². The zero-order chi connectivity index (χ0) is 10.1. The summed E-state index contributed by atoms with van der Waals surface area (Å²) in [5.41, 5.74) is 6.75. The lowest BCUT2D eigenvalue weighted by atomic mass is 10.2. The van der Waals surface area contributed by atoms with E-state index in [4.69, 9.17) is 10.9 Å². The fraction of sp³-hybridized carbons (Fsp3) is 0. The highest BCUT2D eigenvalue weighted by atomic mass is 79.9. The van der Waals surface area contributed by atoms with Crippen molar-refractivity contribution in [3.8, 4) is 0 Å². The first-order valence-electron chi connectivity index (χ1n) is 3.84. The molecule has 0 spiro atoms. The molecular formula is C8H7BrN4O. The van der Waals surface area contributed by atoms with Crippen LogP contribution in [0, 0.1) is 0 Å². The van der Waals surface area contributed by atoms with E-state index in [1.165, 1.54) is 0 Å². The van der Waals surface area contributed by atoms with Crippen LogP contribution in [0.3, 0.4) is 0 Å². The van der Waals surface area contributed by atoms with Crippen LogP contribution < -0.4 is 5.73 Å². The lowest BCUT2D eigenvalue weighted by Gasteiger charge is -1.94. The van der Waals surface area contributed by atoms with Gasteiger partial charge in [0.2, 0.25) is 0 Å². The SMILES string of the molecule is N/C(=N\O)c1n[nH]c2ccc(Br)cc12. The van der Waals surface area contributed by atoms with Gasteiger partial charge in [-0.2, -0.15) is 5.10 Å². The monoisotopic (exact) mass is 254 g/mol. The van der Waals surface area contributed by atoms with Gasteiger partial charge in [-0.05, 0) is 18.2 Å². The number of hydrogen-bond donors (Lipinski definition) is 3. The molecule has 4 N–H and O–H groups in total. The van der Waals surface area contributed by atoms with Crippen molar-refractivity contribution >= 4 is 32.7 Å². The topological polar surface area (TPSA) is 87.3 Å². The molecule has 0 aliphatic rings. The van der Waals surface area contributed by atoms with Crippen LogP contribution >= 0.6 is 15.9 Å². The van der Waals surface area contributed by atoms with E-state index in [1.54, 1.807) is 0 Å². The maximum atomic E-state index is 8.53. The van der Waals surface area contributed by atoms with E-state index in [0.29, 0.717) is 5.69 Å². The van der Waals surface area contributed by atoms with E-state index in [9.17, 15) is 0 Å². The van der Waals surface area contributed by atoms with Crippen molar-refractivity contribution in [3.63, 3.8) is 0 Å². The van der Waals surface area contributed by atoms with Crippen LogP contribution in [0.4, 0.5) is 0 Å². The number of benzene rings is 1. The number of oxime groups is 1. The molecule has 1 heterocycles. The van der Waals surface area contributed by atoms with Gasteiger partial charge in [0.1, 0.15) is 5.69 Å². The Bertz CT molecular complexity index is 505. The fourth-order valence-corrected chi connectivity index (χ4v) is 1.59. The molecule has 72 valence electrons. The molecule has 14 heavy (non-hydrogen) atoms. The van der Waals surface area contributed by atoms with Gasteiger partial charge in [0.25, 0.3) is 0 Å². The number of aromatic amines is 1. The highest BCUT2D eigenvalue weighted by Gasteiger charge is 2.09. The summed E-state index contributed by atoms with van der Waals surface area (Å²) in [7, 11) is 0. The molecule has 0 fully saturated rings. The van der Waals surface area contributed by atoms with Crippen molar-refractivity contribution in [2.75, 3.05) is 0 Å². The van der Waals surface area contributed by atoms with Crippen LogP contribution in [0.5, 0.6) is 0 Å². The summed E-state index contributed by atoms with van der Waals surface area (Å²) in [5.74, 6) is -0.00523. The number of H-pyrrole nitrogens is 1. The Kier molecular flexibility index (Phi) is 2.12. The molecule has 0 saturated heterocycles. The molecule has 0 atom stereocenters. The largest absolute Gasteiger partial charge is 0.409 e. The predicted octanol–water partition coefficient (Wildman–Crippen LogP) is 1.42. The number of fused-ring (bicyclic) bond motifs is 1. The third-order valence-electron chi connectivity index (χ3n) is 1.88. The first-order valence-corrected chi connectivity index (χ1v) is 4.63. The Hall–Kier alpha value is -1.56. The van der Waals surface area contributed by atoms with Gasteiger partial charge >= 0.3 is 0 Å². The zero-order valence-corrected chi connectivity index (χ0v) is 8.62. The Morgan fingerprint density at radius 2 is 2.36 bits per heavy atom. The molecule has 0 bridgehead atoms. The second-order valence-corrected chi connectivity index (χ2v) is 3.66. The van der Waals surface area contributed by atoms with Crippen LogP contribution in [0.2, 0.25) is 0 Å². The highest BCUT2D eigenvalue weighted by molar-refractivity contribution is 9.10. The zero-order valence-electron chi connectivity index (χ0n) is 7.03. The van der Waals surface area contributed by atoms with Crippen molar-refractivity contribution in [1.29, 1.82) is 0 Å². The van der Waals surface area contributed by atoms with Crippen molar-refractivity contribution in [2.45, 2.75) is 0 Å². The Labute approximate surface area is 87.7 Å². The van der Waals surface area contributed by atoms with E-state index < -0.39 is 0 Å². The minimum atomic E-state index is -0.00523. The number of nitrogens with one attached hydrogen (secondary N) is 1. The van der Waals surface area contributed by atoms with Crippen molar-refractivity contribution < 1.29 is 5.21 Å². The number of nitrogens with zero attached hydrogens (tertiary/aromatic N) is 2. The number of amidine groups is 1. The number of rotatable bonds is 1. The molecular weight excluding hydrogens is 248 g/mol. The summed E-state index contributed by atoms with van der Waals surface area (Å²) in [5, 5.41) is 19.0. The van der Waals surface area contributed by atoms with E-state index in [2.05, 4.69) is 31.3 Å². The maximum absolute atomic E-state index is 8.53. The predicted molar refractivity (Wildman–Crippen MR) is 56.3 cm³/mol. The van der Waals surface area contributed by atoms with Gasteiger partial charge in [0.15, 0.2) is 5.84 Å². The molecule has 0 saturated carbocycles. The second-order valence-electron chi connectivity index (χ2n) is 2.75. The van der Waals surface area contributed by atoms with Crippen molar-refractivity contribution in [1.82, 2.24) is 10.2 Å². The maximum Gasteiger partial charge on any atom is 0.191 e. The molecule has 0 aliphatic carbocycles. The lowest BCUT2D eigenvalue weighted by molar-refractivity contribution is 0.318. The molecule has 2 aromatic rings. The number of halogens is 1. The van der Waals surface area contributed by atoms with Gasteiger partial charge in [-0.25, -0.2) is 0 Å². The van der Waals surface area contributed by atoms with E-state index in [1.807, 2.05) is 18.2 Å². The molecule has 0 unspecified atom stereocenters. The number of hydrogen-bond acceptors (Lipinski definition) is 3. The number of aromatic nitrogens is 2. The van der Waals surface area contributed by atoms with Crippen molar-refractivity contribution in [3.05, 3.63) is 28.4 Å². The van der Waals surface area contributed by atoms with E-state index >= 15 is 0 Å². The summed E-state index contributed by atoms with van der Waals surface area (Å²) in [6.45, 7) is 0. The summed E-state index contributed by atoms with van der Waals surface area (Å²) in [4.78, 5) is 0. The molecule has 2 rings (SSSR count). The lowest BCUT2D eigenvalue weighted by Crippen LogP contribution is -2.13. The first-order chi connectivity index (χ1) is 6.72. The van der Waals surface area contributed by atoms with Gasteiger partial charge in [0.05, 0.1) is 5.52 Å². The third-order valence-corrected chi connectivity index (χ3v) is 2.37. The molecule has 1 aromatic heterocycles. The Morgan fingerprint density at radius 1 is 1.57 bits per heavy atom. The molecule has 1 aromatic carbocycles. The van der Waals surface area contributed by atoms with Gasteiger partial charge in [0, 0.05) is 9.86 Å². The second kappa shape index (κ2) is 3.30. The summed E-state index contributed by atoms with van der Waals surface area (Å²) in [6, 6.07) is 5.60. The third kappa shape index (κ3) is 1.33. The van der Waals surface area contributed by atoms with Crippen LogP contribution in [0.25, 0.3) is 10.9 Å². The van der Waals surface area contributed by atoms with Gasteiger partial charge < -0.3 is 10.9 Å². The smallest absolute Gasteiger partial charge is 0.191 e. The average molecular weight is 255 g/mol. The Morgan fingerprint density at radius 3 is 3.07 bits per heavy atom. The first kappa shape index (κ1) is 9.01. The molecule has 6 heteroatoms. The van der Waals surface area contributed by atoms with Crippen LogP contribution in [-0.2, 0) is 0 Å². The number of nitrogens with two attached hydrogens (primary N) is 1. The van der Waals surface area contributed by atoms with E-state index in [-0.39, 0.29) is 5.84 Å². The van der Waals surface area contributed by atoms with Gasteiger partial charge in [-0.15, -0.1) is 0 Å². The molecule has 0 amide bonds. The minimum Gasteiger partial charge on any atom is -0.409 e. The van der Waals surface area contributed by atoms with Crippen LogP contribution in [0.15, 0.2) is 27.8 Å². The standard InChI is InChI=1S/C8H7BrN4O/c9-4-1-2-6-5(3-4)7(12-11-6)8(10)13-14/h1-3,14H,(H2,10,13)(H,11,12). The molecule has 5 nitrogen and oxygen atoms in total. The quantitative estimate of drug-likeness (QED) is 0.311. The van der Waals surface area contributed by atoms with Crippen LogP contribution in [0.1, 0.15) is 5.69 Å². The van der Waals surface area contributed by atoms with Gasteiger partial charge in [-0.1, -0.05) is 21.1 Å². The average Bonchev–Trinajstić information content (AvgIpc) is 2.59. The fourth-order valence-electron chi connectivity index (χ4n) is 1.23. The highest BCUT2D eigenvalue weighted by Crippen LogP contribution is 2.20. The molecule has 0 radical (unpaired) electrons. The van der Waals surface area contributed by atoms with E-state index in [0.717, 1.165) is 15.4 Å². The van der Waals surface area contributed by atoms with Crippen molar-refractivity contribution in [2.24, 2.45) is 10.9 Å². The minimum absolute atomic E-state index is 0.00523. The summed E-state index contributed by atoms with van der Waals surface area (Å²) >= 11 is 3.34. The molecule has 0 aliphatic heterocycles. The Balaban J connectivity index is 2.73. The summed E-state index contributed by atoms with van der Waals surface area (Å²) in [6.07, 6.45) is 0.